The van der Waals surface area contributed by atoms with Gasteiger partial charge < -0.3 is 9.47 Å². The van der Waals surface area contributed by atoms with Crippen LogP contribution in [0.5, 0.6) is 0 Å². The number of benzene rings is 1. The van der Waals surface area contributed by atoms with Crippen LogP contribution in [0.3, 0.4) is 0 Å². The van der Waals surface area contributed by atoms with Crippen molar-refractivity contribution in [1.82, 2.24) is 0 Å². The minimum absolute atomic E-state index is 0.0998. The van der Waals surface area contributed by atoms with Crippen molar-refractivity contribution in [2.24, 2.45) is 0 Å². The zero-order chi connectivity index (χ0) is 12.1. The van der Waals surface area contributed by atoms with Crippen molar-refractivity contribution < 1.29 is 9.47 Å². The third-order valence-electron chi connectivity index (χ3n) is 3.14. The molecule has 0 radical (unpaired) electrons. The molecule has 0 N–H and O–H groups in total. The van der Waals surface area contributed by atoms with Gasteiger partial charge in [-0.3, -0.25) is 0 Å². The SMILES string of the molecule is Clc1ccccc1COC1(CBr)CCOCC1. The molecule has 0 aromatic heterocycles. The van der Waals surface area contributed by atoms with Gasteiger partial charge in [-0.2, -0.15) is 0 Å². The molecule has 17 heavy (non-hydrogen) atoms. The summed E-state index contributed by atoms with van der Waals surface area (Å²) in [4.78, 5) is 0. The number of alkyl halides is 1. The molecule has 0 saturated carbocycles. The number of hydrogen-bond acceptors (Lipinski definition) is 2. The summed E-state index contributed by atoms with van der Waals surface area (Å²) in [5.41, 5.74) is 0.943. The lowest BCUT2D eigenvalue weighted by atomic mass is 9.96. The maximum atomic E-state index is 6.11. The number of hydrogen-bond donors (Lipinski definition) is 0. The molecule has 1 aliphatic rings. The Morgan fingerprint density at radius 2 is 2.00 bits per heavy atom. The average Bonchev–Trinajstić information content (AvgIpc) is 2.39. The van der Waals surface area contributed by atoms with Crippen LogP contribution in [-0.4, -0.2) is 24.1 Å². The summed E-state index contributed by atoms with van der Waals surface area (Å²) in [5.74, 6) is 0. The van der Waals surface area contributed by atoms with Gasteiger partial charge >= 0.3 is 0 Å². The van der Waals surface area contributed by atoms with Crippen molar-refractivity contribution in [2.75, 3.05) is 18.5 Å². The quantitative estimate of drug-likeness (QED) is 0.786. The van der Waals surface area contributed by atoms with Gasteiger partial charge in [0.2, 0.25) is 0 Å². The minimum atomic E-state index is -0.0998. The Hall–Kier alpha value is -0.0900. The lowest BCUT2D eigenvalue weighted by molar-refractivity contribution is -0.103. The lowest BCUT2D eigenvalue weighted by Crippen LogP contribution is -2.40. The Bertz CT molecular complexity index is 364. The Labute approximate surface area is 115 Å². The van der Waals surface area contributed by atoms with Crippen molar-refractivity contribution in [3.63, 3.8) is 0 Å². The molecule has 0 aliphatic carbocycles. The van der Waals surface area contributed by atoms with Gasteiger partial charge in [0.05, 0.1) is 12.2 Å². The van der Waals surface area contributed by atoms with E-state index in [1.807, 2.05) is 24.3 Å². The van der Waals surface area contributed by atoms with Crippen molar-refractivity contribution >= 4 is 27.5 Å². The fourth-order valence-electron chi connectivity index (χ4n) is 1.91. The first-order valence-corrected chi connectivity index (χ1v) is 7.27. The zero-order valence-corrected chi connectivity index (χ0v) is 12.0. The fourth-order valence-corrected chi connectivity index (χ4v) is 2.82. The largest absolute Gasteiger partial charge is 0.381 e. The summed E-state index contributed by atoms with van der Waals surface area (Å²) in [6, 6.07) is 7.81. The van der Waals surface area contributed by atoms with Crippen molar-refractivity contribution in [3.05, 3.63) is 34.9 Å². The van der Waals surface area contributed by atoms with E-state index in [0.29, 0.717) is 6.61 Å². The summed E-state index contributed by atoms with van der Waals surface area (Å²) in [6.07, 6.45) is 1.87. The molecule has 94 valence electrons. The van der Waals surface area contributed by atoms with Gasteiger partial charge in [-0.15, -0.1) is 0 Å². The number of rotatable bonds is 4. The lowest BCUT2D eigenvalue weighted by Gasteiger charge is -2.35. The highest BCUT2D eigenvalue weighted by Crippen LogP contribution is 2.29. The highest BCUT2D eigenvalue weighted by Gasteiger charge is 2.32. The third kappa shape index (κ3) is 3.44. The van der Waals surface area contributed by atoms with Crippen LogP contribution in [-0.2, 0) is 16.1 Å². The molecule has 0 amide bonds. The second-order valence-electron chi connectivity index (χ2n) is 4.31. The van der Waals surface area contributed by atoms with E-state index in [1.165, 1.54) is 0 Å². The zero-order valence-electron chi connectivity index (χ0n) is 9.62. The predicted octanol–water partition coefficient (Wildman–Crippen LogP) is 3.80. The first kappa shape index (κ1) is 13.3. The molecule has 1 fully saturated rings. The van der Waals surface area contributed by atoms with Gasteiger partial charge in [0.1, 0.15) is 0 Å². The molecule has 0 atom stereocenters. The van der Waals surface area contributed by atoms with Crippen LogP contribution in [0.4, 0.5) is 0 Å². The molecule has 1 aromatic rings. The van der Waals surface area contributed by atoms with Crippen LogP contribution in [0.25, 0.3) is 0 Å². The molecule has 1 heterocycles. The standard InChI is InChI=1S/C13H16BrClO2/c14-10-13(5-7-16-8-6-13)17-9-11-3-1-2-4-12(11)15/h1-4H,5-10H2. The molecule has 1 aliphatic heterocycles. The van der Waals surface area contributed by atoms with Gasteiger partial charge in [-0.1, -0.05) is 45.7 Å². The first-order valence-electron chi connectivity index (χ1n) is 5.77. The third-order valence-corrected chi connectivity index (χ3v) is 4.53. The monoisotopic (exact) mass is 318 g/mol. The molecule has 0 unspecified atom stereocenters. The molecular weight excluding hydrogens is 303 g/mol. The van der Waals surface area contributed by atoms with E-state index >= 15 is 0 Å². The topological polar surface area (TPSA) is 18.5 Å². The summed E-state index contributed by atoms with van der Waals surface area (Å²) >= 11 is 9.66. The van der Waals surface area contributed by atoms with Crippen molar-refractivity contribution in [3.8, 4) is 0 Å². The van der Waals surface area contributed by atoms with E-state index in [-0.39, 0.29) is 5.60 Å². The highest BCUT2D eigenvalue weighted by molar-refractivity contribution is 9.09. The Kier molecular flexibility index (Phi) is 4.86. The van der Waals surface area contributed by atoms with Crippen LogP contribution in [0.15, 0.2) is 24.3 Å². The Balaban J connectivity index is 1.98. The summed E-state index contributed by atoms with van der Waals surface area (Å²) < 4.78 is 11.5. The summed E-state index contributed by atoms with van der Waals surface area (Å²) in [7, 11) is 0. The van der Waals surface area contributed by atoms with E-state index < -0.39 is 0 Å². The molecule has 4 heteroatoms. The molecule has 1 aromatic carbocycles. The van der Waals surface area contributed by atoms with Gasteiger partial charge in [-0.05, 0) is 11.6 Å². The maximum Gasteiger partial charge on any atom is 0.0827 e. The molecule has 2 rings (SSSR count). The van der Waals surface area contributed by atoms with Crippen molar-refractivity contribution in [1.29, 1.82) is 0 Å². The van der Waals surface area contributed by atoms with E-state index in [0.717, 1.165) is 42.0 Å². The van der Waals surface area contributed by atoms with E-state index in [4.69, 9.17) is 21.1 Å². The highest BCUT2D eigenvalue weighted by atomic mass is 79.9. The van der Waals surface area contributed by atoms with Crippen LogP contribution in [0, 0.1) is 0 Å². The van der Waals surface area contributed by atoms with Crippen LogP contribution in [0.1, 0.15) is 18.4 Å². The number of halogens is 2. The second-order valence-corrected chi connectivity index (χ2v) is 5.28. The molecule has 0 spiro atoms. The van der Waals surface area contributed by atoms with Crippen molar-refractivity contribution in [2.45, 2.75) is 25.0 Å². The molecule has 2 nitrogen and oxygen atoms in total. The average molecular weight is 320 g/mol. The predicted molar refractivity (Wildman–Crippen MR) is 72.8 cm³/mol. The maximum absolute atomic E-state index is 6.11. The van der Waals surface area contributed by atoms with Gasteiger partial charge in [0.15, 0.2) is 0 Å². The molecular formula is C13H16BrClO2. The Morgan fingerprint density at radius 3 is 2.65 bits per heavy atom. The second kappa shape index (κ2) is 6.19. The van der Waals surface area contributed by atoms with Crippen LogP contribution < -0.4 is 0 Å². The summed E-state index contributed by atoms with van der Waals surface area (Å²) in [5, 5.41) is 1.61. The van der Waals surface area contributed by atoms with E-state index in [1.54, 1.807) is 0 Å². The molecule has 0 bridgehead atoms. The van der Waals surface area contributed by atoms with Gasteiger partial charge in [-0.25, -0.2) is 0 Å². The number of ether oxygens (including phenoxy) is 2. The summed E-state index contributed by atoms with van der Waals surface area (Å²) in [6.45, 7) is 2.10. The normalized spacial score (nSPS) is 19.2. The Morgan fingerprint density at radius 1 is 1.29 bits per heavy atom. The molecule has 1 saturated heterocycles. The van der Waals surface area contributed by atoms with Gasteiger partial charge in [0.25, 0.3) is 0 Å². The first-order chi connectivity index (χ1) is 8.26. The van der Waals surface area contributed by atoms with Crippen LogP contribution >= 0.6 is 27.5 Å². The van der Waals surface area contributed by atoms with Crippen LogP contribution in [0.2, 0.25) is 5.02 Å². The smallest absolute Gasteiger partial charge is 0.0827 e. The fraction of sp³-hybridized carbons (Fsp3) is 0.538. The van der Waals surface area contributed by atoms with Gasteiger partial charge in [0, 0.05) is 36.4 Å². The van der Waals surface area contributed by atoms with E-state index in [9.17, 15) is 0 Å². The minimum Gasteiger partial charge on any atom is -0.381 e. The van der Waals surface area contributed by atoms with E-state index in [2.05, 4.69) is 15.9 Å².